The summed E-state index contributed by atoms with van der Waals surface area (Å²) in [5, 5.41) is 20.5. The van der Waals surface area contributed by atoms with Gasteiger partial charge in [0.2, 0.25) is 0 Å². The molecule has 0 radical (unpaired) electrons. The predicted octanol–water partition coefficient (Wildman–Crippen LogP) is -0.415. The molecule has 17 heavy (non-hydrogen) atoms. The fourth-order valence-electron chi connectivity index (χ4n) is 1.75. The molecule has 0 aromatic heterocycles. The fraction of sp³-hybridized carbons (Fsp3) is 0.462. The van der Waals surface area contributed by atoms with Crippen molar-refractivity contribution in [2.45, 2.75) is 39.0 Å². The van der Waals surface area contributed by atoms with Gasteiger partial charge in [-0.1, -0.05) is 38.3 Å². The van der Waals surface area contributed by atoms with Crippen molar-refractivity contribution >= 4 is 5.97 Å². The van der Waals surface area contributed by atoms with E-state index in [9.17, 15) is 9.90 Å². The molecule has 0 saturated carbocycles. The molecule has 88 valence electrons. The van der Waals surface area contributed by atoms with Crippen LogP contribution in [0.15, 0.2) is 18.2 Å². The zero-order valence-electron chi connectivity index (χ0n) is 10.5. The van der Waals surface area contributed by atoms with Crippen LogP contribution in [0.5, 0.6) is 5.75 Å². The molecule has 0 aliphatic rings. The van der Waals surface area contributed by atoms with Crippen LogP contribution in [0.3, 0.4) is 0 Å². The molecule has 0 amide bonds. The Labute approximate surface area is 145 Å². The summed E-state index contributed by atoms with van der Waals surface area (Å²) in [5.41, 5.74) is 0.607. The Morgan fingerprint density at radius 2 is 2.00 bits per heavy atom. The molecule has 0 heterocycles. The van der Waals surface area contributed by atoms with Crippen LogP contribution in [-0.2, 0) is 6.42 Å². The van der Waals surface area contributed by atoms with Gasteiger partial charge in [-0.3, -0.25) is 0 Å². The van der Waals surface area contributed by atoms with Crippen molar-refractivity contribution in [1.82, 2.24) is 0 Å². The van der Waals surface area contributed by atoms with Gasteiger partial charge in [0, 0.05) is 0 Å². The van der Waals surface area contributed by atoms with Crippen molar-refractivity contribution in [3.05, 3.63) is 29.3 Å². The smallest absolute Gasteiger partial charge is 0.872 e. The monoisotopic (exact) mass is 260 g/mol. The van der Waals surface area contributed by atoms with E-state index in [0.717, 1.165) is 25.7 Å². The van der Waals surface area contributed by atoms with Crippen molar-refractivity contribution in [3.8, 4) is 5.75 Å². The average molecular weight is 260 g/mol. The number of hydrogen-bond donors (Lipinski definition) is 1. The molecule has 1 aromatic carbocycles. The van der Waals surface area contributed by atoms with E-state index in [0.29, 0.717) is 12.0 Å². The molecule has 0 bridgehead atoms. The van der Waals surface area contributed by atoms with Gasteiger partial charge in [-0.05, 0) is 24.5 Å². The second-order valence-electron chi connectivity index (χ2n) is 3.90. The van der Waals surface area contributed by atoms with Gasteiger partial charge >= 0.3 is 57.4 Å². The van der Waals surface area contributed by atoms with Gasteiger partial charge in [0.25, 0.3) is 0 Å². The van der Waals surface area contributed by atoms with Crippen LogP contribution in [0.2, 0.25) is 0 Å². The van der Waals surface area contributed by atoms with Crippen LogP contribution in [-0.4, -0.2) is 11.1 Å². The number of carboxylic acids is 1. The van der Waals surface area contributed by atoms with E-state index in [4.69, 9.17) is 5.11 Å². The molecule has 0 atom stereocenters. The maximum atomic E-state index is 11.5. The number of benzene rings is 1. The van der Waals surface area contributed by atoms with Crippen LogP contribution >= 0.6 is 0 Å². The van der Waals surface area contributed by atoms with E-state index < -0.39 is 5.97 Å². The number of carboxylic acid groups (broad SMARTS) is 1. The average Bonchev–Trinajstić information content (AvgIpc) is 2.25. The van der Waals surface area contributed by atoms with Gasteiger partial charge in [0.1, 0.15) is 0 Å². The molecule has 3 nitrogen and oxygen atoms in total. The Hall–Kier alpha value is 0.126. The predicted molar refractivity (Wildman–Crippen MR) is 60.7 cm³/mol. The summed E-state index contributed by atoms with van der Waals surface area (Å²) in [6.45, 7) is 2.12. The van der Waals surface area contributed by atoms with E-state index in [-0.39, 0.29) is 62.7 Å². The molecule has 0 unspecified atom stereocenters. The summed E-state index contributed by atoms with van der Waals surface area (Å²) in [6.07, 6.45) is 4.76. The Morgan fingerprint density at radius 1 is 1.29 bits per heavy atom. The number of aromatic carboxylic acids is 1. The topological polar surface area (TPSA) is 60.4 Å². The Balaban J connectivity index is 0.00000256. The van der Waals surface area contributed by atoms with Crippen LogP contribution in [0.1, 0.15) is 48.5 Å². The number of rotatable bonds is 6. The van der Waals surface area contributed by atoms with Gasteiger partial charge in [0.05, 0.1) is 5.56 Å². The SMILES string of the molecule is CCCCCCc1c([O-])cccc1C(=O)O.[K+]. The quantitative estimate of drug-likeness (QED) is 0.558. The summed E-state index contributed by atoms with van der Waals surface area (Å²) < 4.78 is 0. The molecule has 0 aliphatic carbocycles. The first-order valence-corrected chi connectivity index (χ1v) is 5.69. The molecule has 1 N–H and O–H groups in total. The summed E-state index contributed by atoms with van der Waals surface area (Å²) in [5.74, 6) is -1.17. The number of unbranched alkanes of at least 4 members (excludes halogenated alkanes) is 3. The largest absolute Gasteiger partial charge is 1.00 e. The molecule has 0 aliphatic heterocycles. The van der Waals surface area contributed by atoms with Gasteiger partial charge < -0.3 is 10.2 Å². The van der Waals surface area contributed by atoms with E-state index in [2.05, 4.69) is 6.92 Å². The van der Waals surface area contributed by atoms with Crippen molar-refractivity contribution in [2.75, 3.05) is 0 Å². The molecule has 0 saturated heterocycles. The normalized spacial score (nSPS) is 9.71. The third-order valence-corrected chi connectivity index (χ3v) is 2.64. The van der Waals surface area contributed by atoms with Gasteiger partial charge in [-0.25, -0.2) is 4.79 Å². The Morgan fingerprint density at radius 3 is 2.59 bits per heavy atom. The molecular formula is C13H17KO3. The zero-order valence-corrected chi connectivity index (χ0v) is 13.7. The number of carbonyl (C=O) groups is 1. The minimum absolute atomic E-state index is 0. The third kappa shape index (κ3) is 5.53. The standard InChI is InChI=1S/C13H18O3.K/c1-2-3-4-5-7-10-11(13(15)16)8-6-9-12(10)14;/h6,8-9,14H,2-5,7H2,1H3,(H,15,16);/q;+1/p-1. The Kier molecular flexibility index (Phi) is 9.18. The minimum Gasteiger partial charge on any atom is -0.872 e. The molecule has 1 aromatic rings. The minimum atomic E-state index is -1.01. The fourth-order valence-corrected chi connectivity index (χ4v) is 1.75. The molecule has 1 rings (SSSR count). The molecule has 0 fully saturated rings. The van der Waals surface area contributed by atoms with Crippen molar-refractivity contribution in [3.63, 3.8) is 0 Å². The van der Waals surface area contributed by atoms with Gasteiger partial charge in [0.15, 0.2) is 0 Å². The summed E-state index contributed by atoms with van der Waals surface area (Å²) in [7, 11) is 0. The van der Waals surface area contributed by atoms with Gasteiger partial charge in [-0.2, -0.15) is 0 Å². The van der Waals surface area contributed by atoms with E-state index >= 15 is 0 Å². The number of hydrogen-bond acceptors (Lipinski definition) is 2. The maximum absolute atomic E-state index is 11.5. The molecule has 4 heteroatoms. The second-order valence-corrected chi connectivity index (χ2v) is 3.90. The van der Waals surface area contributed by atoms with Crippen LogP contribution in [0.4, 0.5) is 0 Å². The van der Waals surface area contributed by atoms with E-state index in [1.807, 2.05) is 0 Å². The first-order chi connectivity index (χ1) is 7.66. The van der Waals surface area contributed by atoms with Crippen molar-refractivity contribution in [2.24, 2.45) is 0 Å². The molecular weight excluding hydrogens is 243 g/mol. The van der Waals surface area contributed by atoms with Crippen LogP contribution in [0.25, 0.3) is 0 Å². The van der Waals surface area contributed by atoms with Crippen molar-refractivity contribution < 1.29 is 66.4 Å². The third-order valence-electron chi connectivity index (χ3n) is 2.64. The van der Waals surface area contributed by atoms with Crippen molar-refractivity contribution in [1.29, 1.82) is 0 Å². The molecule has 0 spiro atoms. The summed E-state index contributed by atoms with van der Waals surface area (Å²) in [6, 6.07) is 4.43. The first kappa shape index (κ1) is 17.1. The van der Waals surface area contributed by atoms with E-state index in [1.165, 1.54) is 18.2 Å². The van der Waals surface area contributed by atoms with E-state index in [1.54, 1.807) is 0 Å². The summed E-state index contributed by atoms with van der Waals surface area (Å²) in [4.78, 5) is 10.9. The maximum Gasteiger partial charge on any atom is 1.00 e. The van der Waals surface area contributed by atoms with Crippen LogP contribution in [0, 0.1) is 0 Å². The second kappa shape index (κ2) is 9.11. The van der Waals surface area contributed by atoms with Gasteiger partial charge in [-0.15, -0.1) is 5.75 Å². The first-order valence-electron chi connectivity index (χ1n) is 5.69. The zero-order chi connectivity index (χ0) is 12.0. The Bertz CT molecular complexity index is 364. The van der Waals surface area contributed by atoms with Crippen LogP contribution < -0.4 is 56.5 Å². The summed E-state index contributed by atoms with van der Waals surface area (Å²) >= 11 is 0.